The van der Waals surface area contributed by atoms with Crippen molar-refractivity contribution in [2.75, 3.05) is 20.3 Å². The zero-order chi connectivity index (χ0) is 9.68. The van der Waals surface area contributed by atoms with Crippen molar-refractivity contribution in [2.24, 2.45) is 0 Å². The lowest BCUT2D eigenvalue weighted by atomic mass is 10.1. The first kappa shape index (κ1) is 10.1. The van der Waals surface area contributed by atoms with Gasteiger partial charge < -0.3 is 14.7 Å². The van der Waals surface area contributed by atoms with Gasteiger partial charge in [-0.15, -0.1) is 0 Å². The van der Waals surface area contributed by atoms with Gasteiger partial charge in [-0.05, 0) is 12.8 Å². The van der Waals surface area contributed by atoms with Crippen molar-refractivity contribution >= 4 is 5.97 Å². The van der Waals surface area contributed by atoms with Gasteiger partial charge in [0.1, 0.15) is 0 Å². The summed E-state index contributed by atoms with van der Waals surface area (Å²) in [6.45, 7) is 1.55. The molecule has 1 N–H and O–H groups in total. The maximum atomic E-state index is 10.2. The normalized spacial score (nSPS) is 19.2. The van der Waals surface area contributed by atoms with Crippen LogP contribution in [0.1, 0.15) is 12.8 Å². The fourth-order valence-corrected chi connectivity index (χ4v) is 1.40. The summed E-state index contributed by atoms with van der Waals surface area (Å²) in [7, 11) is 1.90. The molecular formula is C9H15NO3. The molecule has 1 rings (SSSR count). The smallest absolute Gasteiger partial charge is 0.329 e. The van der Waals surface area contributed by atoms with Gasteiger partial charge in [0.15, 0.2) is 0 Å². The van der Waals surface area contributed by atoms with Crippen LogP contribution < -0.4 is 0 Å². The van der Waals surface area contributed by atoms with Gasteiger partial charge in [-0.2, -0.15) is 0 Å². The summed E-state index contributed by atoms with van der Waals surface area (Å²) in [5.74, 6) is -0.904. The summed E-state index contributed by atoms with van der Waals surface area (Å²) in [6, 6.07) is 0.421. The molecule has 0 spiro atoms. The van der Waals surface area contributed by atoms with Crippen LogP contribution in [0.2, 0.25) is 0 Å². The summed E-state index contributed by atoms with van der Waals surface area (Å²) >= 11 is 0. The molecule has 0 aromatic rings. The lowest BCUT2D eigenvalue weighted by molar-refractivity contribution is -0.131. The molecule has 0 bridgehead atoms. The van der Waals surface area contributed by atoms with Crippen LogP contribution in [0.3, 0.4) is 0 Å². The van der Waals surface area contributed by atoms with Crippen LogP contribution in [0.4, 0.5) is 0 Å². The monoisotopic (exact) mass is 185 g/mol. The van der Waals surface area contributed by atoms with Crippen molar-refractivity contribution in [2.45, 2.75) is 18.9 Å². The van der Waals surface area contributed by atoms with Crippen molar-refractivity contribution in [1.82, 2.24) is 4.90 Å². The maximum absolute atomic E-state index is 10.2. The van der Waals surface area contributed by atoms with Crippen LogP contribution in [0.5, 0.6) is 0 Å². The van der Waals surface area contributed by atoms with E-state index in [1.807, 2.05) is 11.9 Å². The first-order valence-corrected chi connectivity index (χ1v) is 4.41. The van der Waals surface area contributed by atoms with Crippen LogP contribution >= 0.6 is 0 Å². The van der Waals surface area contributed by atoms with Crippen molar-refractivity contribution in [3.05, 3.63) is 12.3 Å². The number of aliphatic carboxylic acids is 1. The molecule has 74 valence electrons. The molecule has 0 aliphatic carbocycles. The molecule has 0 saturated carbocycles. The number of hydrogen-bond donors (Lipinski definition) is 1. The number of hydrogen-bond acceptors (Lipinski definition) is 3. The second kappa shape index (κ2) is 4.87. The summed E-state index contributed by atoms with van der Waals surface area (Å²) < 4.78 is 5.21. The van der Waals surface area contributed by atoms with Gasteiger partial charge in [0.2, 0.25) is 0 Å². The van der Waals surface area contributed by atoms with E-state index in [1.54, 1.807) is 6.20 Å². The molecule has 4 heteroatoms. The molecule has 0 aromatic carbocycles. The fraction of sp³-hybridized carbons (Fsp3) is 0.667. The SMILES string of the molecule is CN(C=CC(=O)O)C1CCOCC1. The molecular weight excluding hydrogens is 170 g/mol. The Hall–Kier alpha value is -1.03. The highest BCUT2D eigenvalue weighted by Crippen LogP contribution is 2.12. The highest BCUT2D eigenvalue weighted by molar-refractivity contribution is 5.79. The van der Waals surface area contributed by atoms with Crippen LogP contribution in [-0.4, -0.2) is 42.3 Å². The minimum Gasteiger partial charge on any atom is -0.478 e. The van der Waals surface area contributed by atoms with Crippen molar-refractivity contribution in [3.8, 4) is 0 Å². The third kappa shape index (κ3) is 3.46. The Bertz CT molecular complexity index is 197. The van der Waals surface area contributed by atoms with Crippen LogP contribution in [0, 0.1) is 0 Å². The van der Waals surface area contributed by atoms with Crippen LogP contribution in [0.25, 0.3) is 0 Å². The molecule has 13 heavy (non-hydrogen) atoms. The minimum absolute atomic E-state index is 0.421. The predicted molar refractivity (Wildman–Crippen MR) is 48.4 cm³/mol. The maximum Gasteiger partial charge on any atom is 0.329 e. The fourth-order valence-electron chi connectivity index (χ4n) is 1.40. The van der Waals surface area contributed by atoms with Gasteiger partial charge in [-0.25, -0.2) is 4.79 Å². The van der Waals surface area contributed by atoms with Gasteiger partial charge in [-0.1, -0.05) is 0 Å². The van der Waals surface area contributed by atoms with E-state index in [4.69, 9.17) is 9.84 Å². The lowest BCUT2D eigenvalue weighted by Crippen LogP contribution is -2.33. The van der Waals surface area contributed by atoms with Gasteiger partial charge in [-0.3, -0.25) is 0 Å². The van der Waals surface area contributed by atoms with E-state index in [9.17, 15) is 4.79 Å². The highest BCUT2D eigenvalue weighted by atomic mass is 16.5. The molecule has 4 nitrogen and oxygen atoms in total. The molecule has 0 aromatic heterocycles. The molecule has 1 saturated heterocycles. The van der Waals surface area contributed by atoms with E-state index in [0.29, 0.717) is 6.04 Å². The number of carboxylic acid groups (broad SMARTS) is 1. The largest absolute Gasteiger partial charge is 0.478 e. The van der Waals surface area contributed by atoms with E-state index in [0.717, 1.165) is 32.1 Å². The van der Waals surface area contributed by atoms with E-state index >= 15 is 0 Å². The average Bonchev–Trinajstić information content (AvgIpc) is 2.15. The van der Waals surface area contributed by atoms with E-state index in [-0.39, 0.29) is 0 Å². The topological polar surface area (TPSA) is 49.8 Å². The standard InChI is InChI=1S/C9H15NO3/c1-10(5-2-9(11)12)8-3-6-13-7-4-8/h2,5,8H,3-4,6-7H2,1H3,(H,11,12). The van der Waals surface area contributed by atoms with Crippen LogP contribution in [-0.2, 0) is 9.53 Å². The lowest BCUT2D eigenvalue weighted by Gasteiger charge is -2.29. The number of nitrogens with zero attached hydrogens (tertiary/aromatic N) is 1. The Morgan fingerprint density at radius 3 is 2.69 bits per heavy atom. The molecule has 1 aliphatic heterocycles. The molecule has 0 radical (unpaired) electrons. The Labute approximate surface area is 77.8 Å². The summed E-state index contributed by atoms with van der Waals surface area (Å²) in [5, 5.41) is 8.42. The number of ether oxygens (including phenoxy) is 1. The van der Waals surface area contributed by atoms with E-state index < -0.39 is 5.97 Å². The quantitative estimate of drug-likeness (QED) is 0.657. The zero-order valence-corrected chi connectivity index (χ0v) is 7.77. The Balaban J connectivity index is 2.36. The number of rotatable bonds is 3. The predicted octanol–water partition coefficient (Wildman–Crippen LogP) is 0.696. The Kier molecular flexibility index (Phi) is 3.76. The molecule has 1 aliphatic rings. The number of carbonyl (C=O) groups is 1. The Morgan fingerprint density at radius 2 is 2.15 bits per heavy atom. The van der Waals surface area contributed by atoms with Crippen molar-refractivity contribution in [3.63, 3.8) is 0 Å². The van der Waals surface area contributed by atoms with E-state index in [1.165, 1.54) is 0 Å². The van der Waals surface area contributed by atoms with E-state index in [2.05, 4.69) is 0 Å². The molecule has 0 atom stereocenters. The first-order valence-electron chi connectivity index (χ1n) is 4.41. The minimum atomic E-state index is -0.904. The van der Waals surface area contributed by atoms with Crippen molar-refractivity contribution in [1.29, 1.82) is 0 Å². The molecule has 1 heterocycles. The average molecular weight is 185 g/mol. The third-order valence-corrected chi connectivity index (χ3v) is 2.22. The van der Waals surface area contributed by atoms with Crippen LogP contribution in [0.15, 0.2) is 12.3 Å². The highest BCUT2D eigenvalue weighted by Gasteiger charge is 2.15. The summed E-state index contributed by atoms with van der Waals surface area (Å²) in [6.07, 6.45) is 4.72. The first-order chi connectivity index (χ1) is 6.20. The van der Waals surface area contributed by atoms with Gasteiger partial charge >= 0.3 is 5.97 Å². The third-order valence-electron chi connectivity index (χ3n) is 2.22. The number of carboxylic acids is 1. The van der Waals surface area contributed by atoms with Gasteiger partial charge in [0, 0.05) is 38.6 Å². The zero-order valence-electron chi connectivity index (χ0n) is 7.77. The van der Waals surface area contributed by atoms with Gasteiger partial charge in [0.05, 0.1) is 0 Å². The molecule has 0 amide bonds. The summed E-state index contributed by atoms with van der Waals surface area (Å²) in [4.78, 5) is 12.2. The second-order valence-electron chi connectivity index (χ2n) is 3.16. The van der Waals surface area contributed by atoms with Gasteiger partial charge in [0.25, 0.3) is 0 Å². The molecule has 1 fully saturated rings. The Morgan fingerprint density at radius 1 is 1.54 bits per heavy atom. The summed E-state index contributed by atoms with van der Waals surface area (Å²) in [5.41, 5.74) is 0. The molecule has 0 unspecified atom stereocenters. The van der Waals surface area contributed by atoms with Crippen molar-refractivity contribution < 1.29 is 14.6 Å². The second-order valence-corrected chi connectivity index (χ2v) is 3.16.